The molecular weight excluding hydrogens is 228 g/mol. The molecule has 0 saturated carbocycles. The van der Waals surface area contributed by atoms with Crippen molar-refractivity contribution >= 4 is 12.0 Å². The first-order valence-corrected chi connectivity index (χ1v) is 5.03. The van der Waals surface area contributed by atoms with E-state index in [0.717, 1.165) is 6.39 Å². The second kappa shape index (κ2) is 5.83. The molecule has 0 bridgehead atoms. The van der Waals surface area contributed by atoms with Gasteiger partial charge in [0.05, 0.1) is 12.5 Å². The van der Waals surface area contributed by atoms with Gasteiger partial charge in [-0.2, -0.15) is 4.98 Å². The Hall–Kier alpha value is -2.12. The molecular formula is C9H14N4O4. The van der Waals surface area contributed by atoms with Gasteiger partial charge in [0.25, 0.3) is 0 Å². The average molecular weight is 242 g/mol. The fourth-order valence-electron chi connectivity index (χ4n) is 1.03. The minimum absolute atomic E-state index is 0.122. The maximum absolute atomic E-state index is 11.4. The molecule has 0 spiro atoms. The molecule has 2 atom stereocenters. The van der Waals surface area contributed by atoms with Crippen molar-refractivity contribution in [1.82, 2.24) is 20.8 Å². The summed E-state index contributed by atoms with van der Waals surface area (Å²) >= 11 is 0. The molecule has 2 amide bonds. The van der Waals surface area contributed by atoms with Crippen LogP contribution in [0.3, 0.4) is 0 Å². The standard InChI is InChI=1S/C9H14N4O4/c1-5(8(14)15)6(2)12-9(16)10-3-7-11-4-17-13-7/h4-6H,3H2,1-2H3,(H,14,15)(H2,10,12,16). The number of carboxylic acid groups (broad SMARTS) is 1. The molecule has 3 N–H and O–H groups in total. The van der Waals surface area contributed by atoms with Crippen LogP contribution in [-0.4, -0.2) is 33.3 Å². The molecule has 2 unspecified atom stereocenters. The van der Waals surface area contributed by atoms with E-state index in [0.29, 0.717) is 5.82 Å². The summed E-state index contributed by atoms with van der Waals surface area (Å²) in [6, 6.07) is -0.951. The van der Waals surface area contributed by atoms with Gasteiger partial charge in [-0.1, -0.05) is 5.16 Å². The number of aromatic nitrogens is 2. The number of nitrogens with zero attached hydrogens (tertiary/aromatic N) is 2. The summed E-state index contributed by atoms with van der Waals surface area (Å²) in [5, 5.41) is 17.2. The van der Waals surface area contributed by atoms with E-state index in [1.807, 2.05) is 0 Å². The van der Waals surface area contributed by atoms with Crippen molar-refractivity contribution in [2.24, 2.45) is 5.92 Å². The Kier molecular flexibility index (Phi) is 4.44. The predicted molar refractivity (Wildman–Crippen MR) is 55.9 cm³/mol. The molecule has 8 nitrogen and oxygen atoms in total. The van der Waals surface area contributed by atoms with Crippen LogP contribution in [0, 0.1) is 5.92 Å². The van der Waals surface area contributed by atoms with Gasteiger partial charge in [0.15, 0.2) is 5.82 Å². The van der Waals surface area contributed by atoms with E-state index in [9.17, 15) is 9.59 Å². The van der Waals surface area contributed by atoms with Crippen molar-refractivity contribution in [3.05, 3.63) is 12.2 Å². The summed E-state index contributed by atoms with van der Waals surface area (Å²) in [6.07, 6.45) is 1.16. The Morgan fingerprint density at radius 1 is 1.53 bits per heavy atom. The largest absolute Gasteiger partial charge is 0.481 e. The third-order valence-electron chi connectivity index (χ3n) is 2.31. The van der Waals surface area contributed by atoms with Gasteiger partial charge in [0.2, 0.25) is 6.39 Å². The highest BCUT2D eigenvalue weighted by molar-refractivity contribution is 5.76. The average Bonchev–Trinajstić information content (AvgIpc) is 2.77. The second-order valence-electron chi connectivity index (χ2n) is 3.59. The van der Waals surface area contributed by atoms with Crippen molar-refractivity contribution in [3.8, 4) is 0 Å². The number of carbonyl (C=O) groups excluding carboxylic acids is 1. The van der Waals surface area contributed by atoms with Crippen LogP contribution in [0.2, 0.25) is 0 Å². The van der Waals surface area contributed by atoms with E-state index in [-0.39, 0.29) is 6.54 Å². The molecule has 0 aliphatic heterocycles. The minimum Gasteiger partial charge on any atom is -0.481 e. The monoisotopic (exact) mass is 242 g/mol. The van der Waals surface area contributed by atoms with E-state index in [1.54, 1.807) is 6.92 Å². The minimum atomic E-state index is -0.962. The number of hydrogen-bond acceptors (Lipinski definition) is 5. The van der Waals surface area contributed by atoms with E-state index >= 15 is 0 Å². The van der Waals surface area contributed by atoms with Crippen LogP contribution >= 0.6 is 0 Å². The Bertz CT molecular complexity index is 378. The van der Waals surface area contributed by atoms with Crippen molar-refractivity contribution in [2.45, 2.75) is 26.4 Å². The van der Waals surface area contributed by atoms with Gasteiger partial charge in [-0.25, -0.2) is 4.79 Å². The van der Waals surface area contributed by atoms with Gasteiger partial charge in [0, 0.05) is 6.04 Å². The van der Waals surface area contributed by atoms with Crippen LogP contribution < -0.4 is 10.6 Å². The van der Waals surface area contributed by atoms with Gasteiger partial charge < -0.3 is 20.3 Å². The molecule has 94 valence electrons. The van der Waals surface area contributed by atoms with Crippen LogP contribution in [0.1, 0.15) is 19.7 Å². The quantitative estimate of drug-likeness (QED) is 0.667. The van der Waals surface area contributed by atoms with E-state index in [1.165, 1.54) is 6.92 Å². The number of rotatable bonds is 5. The highest BCUT2D eigenvalue weighted by Crippen LogP contribution is 2.01. The maximum Gasteiger partial charge on any atom is 0.315 e. The molecule has 0 aliphatic carbocycles. The fraction of sp³-hybridized carbons (Fsp3) is 0.556. The molecule has 1 aromatic rings. The smallest absolute Gasteiger partial charge is 0.315 e. The zero-order valence-corrected chi connectivity index (χ0v) is 9.51. The summed E-state index contributed by atoms with van der Waals surface area (Å²) < 4.78 is 4.49. The third kappa shape index (κ3) is 4.09. The first kappa shape index (κ1) is 12.9. The van der Waals surface area contributed by atoms with Gasteiger partial charge in [-0.3, -0.25) is 4.79 Å². The number of urea groups is 1. The van der Waals surface area contributed by atoms with E-state index < -0.39 is 24.0 Å². The van der Waals surface area contributed by atoms with Gasteiger partial charge in [0.1, 0.15) is 0 Å². The SMILES string of the molecule is CC(NC(=O)NCc1ncon1)C(C)C(=O)O. The molecule has 0 aliphatic rings. The lowest BCUT2D eigenvalue weighted by atomic mass is 10.0. The first-order valence-electron chi connectivity index (χ1n) is 5.03. The van der Waals surface area contributed by atoms with Crippen molar-refractivity contribution in [3.63, 3.8) is 0 Å². The molecule has 0 aromatic carbocycles. The topological polar surface area (TPSA) is 117 Å². The Labute approximate surface area is 97.4 Å². The molecule has 8 heteroatoms. The molecule has 1 rings (SSSR count). The van der Waals surface area contributed by atoms with Gasteiger partial charge in [-0.05, 0) is 13.8 Å². The van der Waals surface area contributed by atoms with Crippen molar-refractivity contribution in [1.29, 1.82) is 0 Å². The van der Waals surface area contributed by atoms with Crippen LogP contribution in [0.5, 0.6) is 0 Å². The zero-order valence-electron chi connectivity index (χ0n) is 9.51. The highest BCUT2D eigenvalue weighted by Gasteiger charge is 2.20. The van der Waals surface area contributed by atoms with Crippen LogP contribution in [0.4, 0.5) is 4.79 Å². The molecule has 1 heterocycles. The molecule has 0 saturated heterocycles. The van der Waals surface area contributed by atoms with Crippen LogP contribution in [0.15, 0.2) is 10.9 Å². The zero-order chi connectivity index (χ0) is 12.8. The maximum atomic E-state index is 11.4. The fourth-order valence-corrected chi connectivity index (χ4v) is 1.03. The number of nitrogens with one attached hydrogen (secondary N) is 2. The molecule has 0 radical (unpaired) electrons. The lowest BCUT2D eigenvalue weighted by Gasteiger charge is -2.17. The number of carbonyl (C=O) groups is 2. The third-order valence-corrected chi connectivity index (χ3v) is 2.31. The Morgan fingerprint density at radius 2 is 2.24 bits per heavy atom. The normalized spacial score (nSPS) is 13.8. The lowest BCUT2D eigenvalue weighted by Crippen LogP contribution is -2.45. The highest BCUT2D eigenvalue weighted by atomic mass is 16.5. The lowest BCUT2D eigenvalue weighted by molar-refractivity contribution is -0.141. The summed E-state index contributed by atoms with van der Waals surface area (Å²) in [6.45, 7) is 3.26. The van der Waals surface area contributed by atoms with Gasteiger partial charge in [-0.15, -0.1) is 0 Å². The number of hydrogen-bond donors (Lipinski definition) is 3. The summed E-state index contributed by atoms with van der Waals surface area (Å²) in [5.74, 6) is -1.28. The van der Waals surface area contributed by atoms with E-state index in [2.05, 4.69) is 25.3 Å². The van der Waals surface area contributed by atoms with E-state index in [4.69, 9.17) is 5.11 Å². The molecule has 1 aromatic heterocycles. The van der Waals surface area contributed by atoms with Crippen LogP contribution in [0.25, 0.3) is 0 Å². The number of aliphatic carboxylic acids is 1. The Balaban J connectivity index is 2.32. The number of amides is 2. The van der Waals surface area contributed by atoms with Crippen molar-refractivity contribution < 1.29 is 19.2 Å². The summed E-state index contributed by atoms with van der Waals surface area (Å²) in [7, 11) is 0. The molecule has 0 fully saturated rings. The summed E-state index contributed by atoms with van der Waals surface area (Å²) in [4.78, 5) is 25.8. The van der Waals surface area contributed by atoms with Gasteiger partial charge >= 0.3 is 12.0 Å². The van der Waals surface area contributed by atoms with Crippen molar-refractivity contribution in [2.75, 3.05) is 0 Å². The Morgan fingerprint density at radius 3 is 2.76 bits per heavy atom. The number of carboxylic acids is 1. The second-order valence-corrected chi connectivity index (χ2v) is 3.59. The summed E-state index contributed by atoms with van der Waals surface area (Å²) in [5.41, 5.74) is 0. The van der Waals surface area contributed by atoms with Crippen LogP contribution in [-0.2, 0) is 11.3 Å². The predicted octanol–water partition coefficient (Wildman–Crippen LogP) is -0.0220. The molecule has 17 heavy (non-hydrogen) atoms. The first-order chi connectivity index (χ1) is 8.00.